The molecule has 0 bridgehead atoms. The second kappa shape index (κ2) is 6.53. The van der Waals surface area contributed by atoms with E-state index in [0.717, 1.165) is 43.8 Å². The number of ether oxygens (including phenoxy) is 1. The van der Waals surface area contributed by atoms with Crippen LogP contribution in [0.3, 0.4) is 0 Å². The predicted octanol–water partition coefficient (Wildman–Crippen LogP) is 3.73. The molecule has 1 saturated heterocycles. The zero-order valence-electron chi connectivity index (χ0n) is 10.7. The van der Waals surface area contributed by atoms with Crippen LogP contribution >= 0.6 is 15.9 Å². The van der Waals surface area contributed by atoms with Gasteiger partial charge in [0.2, 0.25) is 0 Å². The normalized spacial score (nSPS) is 19.2. The van der Waals surface area contributed by atoms with Crippen LogP contribution in [0.4, 0.5) is 10.1 Å². The summed E-state index contributed by atoms with van der Waals surface area (Å²) in [5.41, 5.74) is 2.10. The van der Waals surface area contributed by atoms with Gasteiger partial charge in [-0.15, -0.1) is 0 Å². The van der Waals surface area contributed by atoms with Crippen LogP contribution < -0.4 is 4.90 Å². The first-order valence-corrected chi connectivity index (χ1v) is 7.57. The lowest BCUT2D eigenvalue weighted by Crippen LogP contribution is -2.32. The Morgan fingerprint density at radius 1 is 1.50 bits per heavy atom. The monoisotopic (exact) mass is 315 g/mol. The predicted molar refractivity (Wildman–Crippen MR) is 75.9 cm³/mol. The van der Waals surface area contributed by atoms with Crippen molar-refractivity contribution in [1.29, 1.82) is 0 Å². The Morgan fingerprint density at radius 2 is 2.33 bits per heavy atom. The van der Waals surface area contributed by atoms with Crippen LogP contribution in [-0.4, -0.2) is 25.8 Å². The first kappa shape index (κ1) is 13.8. The fourth-order valence-electron chi connectivity index (χ4n) is 2.40. The molecule has 18 heavy (non-hydrogen) atoms. The molecule has 4 heteroatoms. The smallest absolute Gasteiger partial charge is 0.123 e. The Balaban J connectivity index is 2.15. The molecule has 2 rings (SSSR count). The van der Waals surface area contributed by atoms with Crippen molar-refractivity contribution in [3.05, 3.63) is 29.6 Å². The largest absolute Gasteiger partial charge is 0.376 e. The molecule has 0 aliphatic carbocycles. The SMILES string of the molecule is CCN(CC1CCCO1)c1ccc(F)cc1CBr. The summed E-state index contributed by atoms with van der Waals surface area (Å²) in [6.45, 7) is 4.79. The minimum atomic E-state index is -0.179. The molecule has 0 saturated carbocycles. The number of rotatable bonds is 5. The van der Waals surface area contributed by atoms with Gasteiger partial charge in [0.15, 0.2) is 0 Å². The molecular weight excluding hydrogens is 297 g/mol. The van der Waals surface area contributed by atoms with Crippen LogP contribution in [0.25, 0.3) is 0 Å². The van der Waals surface area contributed by atoms with Gasteiger partial charge in [0.25, 0.3) is 0 Å². The highest BCUT2D eigenvalue weighted by Gasteiger charge is 2.20. The molecule has 1 aromatic rings. The van der Waals surface area contributed by atoms with Gasteiger partial charge >= 0.3 is 0 Å². The minimum absolute atomic E-state index is 0.179. The highest BCUT2D eigenvalue weighted by Crippen LogP contribution is 2.25. The Hall–Kier alpha value is -0.610. The van der Waals surface area contributed by atoms with E-state index in [9.17, 15) is 4.39 Å². The zero-order chi connectivity index (χ0) is 13.0. The third-order valence-electron chi connectivity index (χ3n) is 3.36. The number of alkyl halides is 1. The molecule has 0 radical (unpaired) electrons. The van der Waals surface area contributed by atoms with Gasteiger partial charge in [0, 0.05) is 30.7 Å². The Morgan fingerprint density at radius 3 is 2.94 bits per heavy atom. The summed E-state index contributed by atoms with van der Waals surface area (Å²) in [6, 6.07) is 4.99. The lowest BCUT2D eigenvalue weighted by Gasteiger charge is -2.28. The van der Waals surface area contributed by atoms with Gasteiger partial charge in [-0.2, -0.15) is 0 Å². The van der Waals surface area contributed by atoms with Gasteiger partial charge in [0.1, 0.15) is 5.82 Å². The first-order chi connectivity index (χ1) is 8.74. The number of likely N-dealkylation sites (N-methyl/N-ethyl adjacent to an activating group) is 1. The van der Waals surface area contributed by atoms with E-state index in [1.165, 1.54) is 6.07 Å². The fraction of sp³-hybridized carbons (Fsp3) is 0.571. The summed E-state index contributed by atoms with van der Waals surface area (Å²) < 4.78 is 18.9. The number of hydrogen-bond donors (Lipinski definition) is 0. The average molecular weight is 316 g/mol. The van der Waals surface area contributed by atoms with Gasteiger partial charge < -0.3 is 9.64 Å². The van der Waals surface area contributed by atoms with E-state index in [-0.39, 0.29) is 5.82 Å². The number of benzene rings is 1. The zero-order valence-corrected chi connectivity index (χ0v) is 12.2. The minimum Gasteiger partial charge on any atom is -0.376 e. The molecule has 0 N–H and O–H groups in total. The van der Waals surface area contributed by atoms with Crippen molar-refractivity contribution in [3.63, 3.8) is 0 Å². The van der Waals surface area contributed by atoms with Crippen LogP contribution in [0, 0.1) is 5.82 Å². The second-order valence-corrected chi connectivity index (χ2v) is 5.14. The van der Waals surface area contributed by atoms with Crippen LogP contribution in [0.5, 0.6) is 0 Å². The Labute approximate surface area is 116 Å². The Kier molecular flexibility index (Phi) is 5.01. The molecule has 1 atom stereocenters. The topological polar surface area (TPSA) is 12.5 Å². The molecule has 1 heterocycles. The molecule has 1 fully saturated rings. The summed E-state index contributed by atoms with van der Waals surface area (Å²) >= 11 is 3.43. The molecule has 1 aliphatic rings. The Bertz CT molecular complexity index is 393. The fourth-order valence-corrected chi connectivity index (χ4v) is 2.85. The lowest BCUT2D eigenvalue weighted by molar-refractivity contribution is 0.115. The van der Waals surface area contributed by atoms with Crippen molar-refractivity contribution >= 4 is 21.6 Å². The van der Waals surface area contributed by atoms with Crippen molar-refractivity contribution in [3.8, 4) is 0 Å². The van der Waals surface area contributed by atoms with E-state index in [0.29, 0.717) is 11.4 Å². The van der Waals surface area contributed by atoms with E-state index in [1.54, 1.807) is 6.07 Å². The summed E-state index contributed by atoms with van der Waals surface area (Å²) in [6.07, 6.45) is 2.59. The van der Waals surface area contributed by atoms with Gasteiger partial charge in [-0.3, -0.25) is 0 Å². The number of anilines is 1. The maximum Gasteiger partial charge on any atom is 0.123 e. The molecule has 1 unspecified atom stereocenters. The molecule has 0 spiro atoms. The van der Waals surface area contributed by atoms with Crippen molar-refractivity contribution in [1.82, 2.24) is 0 Å². The molecule has 1 aromatic carbocycles. The van der Waals surface area contributed by atoms with Gasteiger partial charge in [-0.05, 0) is 43.5 Å². The molecule has 0 amide bonds. The lowest BCUT2D eigenvalue weighted by atomic mass is 10.1. The summed E-state index contributed by atoms with van der Waals surface area (Å²) in [4.78, 5) is 2.27. The van der Waals surface area contributed by atoms with Crippen molar-refractivity contribution in [2.75, 3.05) is 24.6 Å². The molecular formula is C14H19BrFNO. The standard InChI is InChI=1S/C14H19BrFNO/c1-2-17(10-13-4-3-7-18-13)14-6-5-12(16)8-11(14)9-15/h5-6,8,13H,2-4,7,9-10H2,1H3. The number of halogens is 2. The average Bonchev–Trinajstić information content (AvgIpc) is 2.89. The van der Waals surface area contributed by atoms with E-state index >= 15 is 0 Å². The van der Waals surface area contributed by atoms with E-state index < -0.39 is 0 Å². The maximum atomic E-state index is 13.2. The van der Waals surface area contributed by atoms with Crippen LogP contribution in [0.15, 0.2) is 18.2 Å². The van der Waals surface area contributed by atoms with Gasteiger partial charge in [-0.1, -0.05) is 15.9 Å². The first-order valence-electron chi connectivity index (χ1n) is 6.45. The molecule has 0 aromatic heterocycles. The highest BCUT2D eigenvalue weighted by molar-refractivity contribution is 9.08. The number of hydrogen-bond acceptors (Lipinski definition) is 2. The summed E-state index contributed by atoms with van der Waals surface area (Å²) in [5, 5.41) is 0.669. The molecule has 100 valence electrons. The van der Waals surface area contributed by atoms with Crippen LogP contribution in [-0.2, 0) is 10.1 Å². The van der Waals surface area contributed by atoms with Gasteiger partial charge in [-0.25, -0.2) is 4.39 Å². The third kappa shape index (κ3) is 3.23. The summed E-state index contributed by atoms with van der Waals surface area (Å²) in [7, 11) is 0. The van der Waals surface area contributed by atoms with Crippen molar-refractivity contribution in [2.45, 2.75) is 31.2 Å². The summed E-state index contributed by atoms with van der Waals surface area (Å²) in [5.74, 6) is -0.179. The third-order valence-corrected chi connectivity index (χ3v) is 3.96. The van der Waals surface area contributed by atoms with Gasteiger partial charge in [0.05, 0.1) is 6.10 Å². The van der Waals surface area contributed by atoms with E-state index in [4.69, 9.17) is 4.74 Å². The van der Waals surface area contributed by atoms with Crippen molar-refractivity contribution < 1.29 is 9.13 Å². The second-order valence-electron chi connectivity index (χ2n) is 4.58. The van der Waals surface area contributed by atoms with E-state index in [2.05, 4.69) is 27.8 Å². The van der Waals surface area contributed by atoms with Crippen LogP contribution in [0.1, 0.15) is 25.3 Å². The highest BCUT2D eigenvalue weighted by atomic mass is 79.9. The van der Waals surface area contributed by atoms with E-state index in [1.807, 2.05) is 6.07 Å². The quantitative estimate of drug-likeness (QED) is 0.768. The van der Waals surface area contributed by atoms with Crippen LogP contribution in [0.2, 0.25) is 0 Å². The maximum absolute atomic E-state index is 13.2. The van der Waals surface area contributed by atoms with Crippen molar-refractivity contribution in [2.24, 2.45) is 0 Å². The number of nitrogens with zero attached hydrogens (tertiary/aromatic N) is 1. The molecule has 1 aliphatic heterocycles. The molecule has 2 nitrogen and oxygen atoms in total.